The molecule has 6 nitrogen and oxygen atoms in total. The number of anilines is 2. The second-order valence-electron chi connectivity index (χ2n) is 8.45. The van der Waals surface area contributed by atoms with Crippen molar-refractivity contribution >= 4 is 40.5 Å². The van der Waals surface area contributed by atoms with Crippen molar-refractivity contribution < 1.29 is 9.59 Å². The van der Waals surface area contributed by atoms with E-state index in [2.05, 4.69) is 15.5 Å². The van der Waals surface area contributed by atoms with E-state index in [9.17, 15) is 9.59 Å². The minimum absolute atomic E-state index is 0.0573. The molecule has 3 aromatic carbocycles. The molecular weight excluding hydrogens is 444 g/mol. The summed E-state index contributed by atoms with van der Waals surface area (Å²) >= 11 is 5.43. The molecule has 0 aromatic heterocycles. The van der Waals surface area contributed by atoms with Gasteiger partial charge in [0.15, 0.2) is 5.11 Å². The van der Waals surface area contributed by atoms with Crippen LogP contribution < -0.4 is 15.5 Å². The van der Waals surface area contributed by atoms with Crippen LogP contribution >= 0.6 is 12.2 Å². The van der Waals surface area contributed by atoms with Crippen LogP contribution in [0, 0.1) is 13.8 Å². The van der Waals surface area contributed by atoms with Crippen LogP contribution in [0.25, 0.3) is 0 Å². The molecule has 2 N–H and O–H groups in total. The molecule has 1 aliphatic heterocycles. The van der Waals surface area contributed by atoms with Gasteiger partial charge in [0.25, 0.3) is 11.8 Å². The van der Waals surface area contributed by atoms with Crippen molar-refractivity contribution in [2.24, 2.45) is 0 Å². The van der Waals surface area contributed by atoms with Gasteiger partial charge in [0.1, 0.15) is 0 Å². The molecule has 1 aliphatic rings. The lowest BCUT2D eigenvalue weighted by Crippen LogP contribution is -2.49. The lowest BCUT2D eigenvalue weighted by molar-refractivity contribution is 0.0746. The molecule has 1 fully saturated rings. The van der Waals surface area contributed by atoms with Gasteiger partial charge in [-0.2, -0.15) is 0 Å². The average Bonchev–Trinajstić information content (AvgIpc) is 2.84. The lowest BCUT2D eigenvalue weighted by Gasteiger charge is -2.37. The third kappa shape index (κ3) is 5.61. The number of rotatable bonds is 4. The largest absolute Gasteiger partial charge is 0.366 e. The zero-order valence-electron chi connectivity index (χ0n) is 19.4. The predicted molar refractivity (Wildman–Crippen MR) is 141 cm³/mol. The fraction of sp³-hybridized carbons (Fsp3) is 0.222. The second kappa shape index (κ2) is 10.5. The number of benzene rings is 3. The van der Waals surface area contributed by atoms with Crippen LogP contribution in [0.2, 0.25) is 0 Å². The highest BCUT2D eigenvalue weighted by Gasteiger charge is 2.23. The number of hydrogen-bond donors (Lipinski definition) is 2. The van der Waals surface area contributed by atoms with Gasteiger partial charge in [0.2, 0.25) is 0 Å². The molecule has 0 unspecified atom stereocenters. The number of hydrogen-bond acceptors (Lipinski definition) is 4. The fourth-order valence-electron chi connectivity index (χ4n) is 4.20. The van der Waals surface area contributed by atoms with Gasteiger partial charge >= 0.3 is 0 Å². The van der Waals surface area contributed by atoms with Gasteiger partial charge in [-0.15, -0.1) is 0 Å². The van der Waals surface area contributed by atoms with E-state index in [0.29, 0.717) is 37.3 Å². The molecule has 1 heterocycles. The van der Waals surface area contributed by atoms with Crippen molar-refractivity contribution in [3.63, 3.8) is 0 Å². The van der Waals surface area contributed by atoms with Crippen LogP contribution in [-0.4, -0.2) is 48.0 Å². The molecule has 0 bridgehead atoms. The summed E-state index contributed by atoms with van der Waals surface area (Å²) in [7, 11) is 0. The van der Waals surface area contributed by atoms with Crippen molar-refractivity contribution in [2.75, 3.05) is 36.4 Å². The second-order valence-corrected chi connectivity index (χ2v) is 8.86. The minimum atomic E-state index is -0.241. The Bertz CT molecular complexity index is 1180. The van der Waals surface area contributed by atoms with E-state index in [1.165, 1.54) is 0 Å². The van der Waals surface area contributed by atoms with E-state index in [4.69, 9.17) is 12.2 Å². The highest BCUT2D eigenvalue weighted by Crippen LogP contribution is 2.27. The van der Waals surface area contributed by atoms with E-state index in [-0.39, 0.29) is 16.9 Å². The molecule has 34 heavy (non-hydrogen) atoms. The Morgan fingerprint density at radius 1 is 0.794 bits per heavy atom. The Morgan fingerprint density at radius 3 is 2.09 bits per heavy atom. The summed E-state index contributed by atoms with van der Waals surface area (Å²) in [5.41, 5.74) is 5.14. The summed E-state index contributed by atoms with van der Waals surface area (Å²) in [5, 5.41) is 6.20. The zero-order valence-corrected chi connectivity index (χ0v) is 20.2. The molecular formula is C27H28N4O2S. The monoisotopic (exact) mass is 472 g/mol. The van der Waals surface area contributed by atoms with Crippen LogP contribution in [0.5, 0.6) is 0 Å². The van der Waals surface area contributed by atoms with Crippen LogP contribution in [0.3, 0.4) is 0 Å². The average molecular weight is 473 g/mol. The fourth-order valence-corrected chi connectivity index (χ4v) is 4.41. The molecule has 0 radical (unpaired) electrons. The topological polar surface area (TPSA) is 64.7 Å². The third-order valence-corrected chi connectivity index (χ3v) is 6.00. The Morgan fingerprint density at radius 2 is 1.41 bits per heavy atom. The van der Waals surface area contributed by atoms with Crippen molar-refractivity contribution in [1.29, 1.82) is 0 Å². The number of nitrogens with one attached hydrogen (secondary N) is 2. The predicted octanol–water partition coefficient (Wildman–Crippen LogP) is 4.39. The maximum Gasteiger partial charge on any atom is 0.257 e. The Hall–Kier alpha value is -3.71. The van der Waals surface area contributed by atoms with Gasteiger partial charge in [0.05, 0.1) is 11.4 Å². The molecule has 0 atom stereocenters. The summed E-state index contributed by atoms with van der Waals surface area (Å²) < 4.78 is 0. The highest BCUT2D eigenvalue weighted by molar-refractivity contribution is 7.80. The van der Waals surface area contributed by atoms with Crippen molar-refractivity contribution in [3.05, 3.63) is 95.1 Å². The smallest absolute Gasteiger partial charge is 0.257 e. The Labute approximate surface area is 205 Å². The molecule has 1 saturated heterocycles. The summed E-state index contributed by atoms with van der Waals surface area (Å²) in [6.07, 6.45) is 0. The number of carbonyl (C=O) groups excluding carboxylic acids is 2. The number of thiocarbonyl (C=S) groups is 1. The van der Waals surface area contributed by atoms with Gasteiger partial charge in [-0.3, -0.25) is 14.9 Å². The number of amides is 2. The van der Waals surface area contributed by atoms with Gasteiger partial charge in [-0.1, -0.05) is 47.5 Å². The van der Waals surface area contributed by atoms with E-state index in [1.807, 2.05) is 91.5 Å². The molecule has 0 spiro atoms. The van der Waals surface area contributed by atoms with Gasteiger partial charge in [0, 0.05) is 37.3 Å². The molecule has 0 saturated carbocycles. The standard InChI is InChI=1S/C27H28N4O2S/c1-19-16-20(2)18-22(17-19)25(32)29-27(34)28-23-10-6-7-11-24(23)30-12-14-31(15-13-30)26(33)21-8-4-3-5-9-21/h3-11,16-18H,12-15H2,1-2H3,(H2,28,29,32,34). The van der Waals surface area contributed by atoms with E-state index >= 15 is 0 Å². The third-order valence-electron chi connectivity index (χ3n) is 5.79. The summed E-state index contributed by atoms with van der Waals surface area (Å²) in [5.74, 6) is -0.184. The van der Waals surface area contributed by atoms with Crippen LogP contribution in [0.15, 0.2) is 72.8 Å². The molecule has 174 valence electrons. The van der Waals surface area contributed by atoms with Crippen molar-refractivity contribution in [2.45, 2.75) is 13.8 Å². The van der Waals surface area contributed by atoms with Gasteiger partial charge < -0.3 is 15.1 Å². The number of nitrogens with zero attached hydrogens (tertiary/aromatic N) is 2. The van der Waals surface area contributed by atoms with Crippen LogP contribution in [0.1, 0.15) is 31.8 Å². The van der Waals surface area contributed by atoms with Crippen LogP contribution in [0.4, 0.5) is 11.4 Å². The first-order valence-corrected chi connectivity index (χ1v) is 11.7. The van der Waals surface area contributed by atoms with Crippen molar-refractivity contribution in [3.8, 4) is 0 Å². The van der Waals surface area contributed by atoms with E-state index in [1.54, 1.807) is 0 Å². The SMILES string of the molecule is Cc1cc(C)cc(C(=O)NC(=S)Nc2ccccc2N2CCN(C(=O)c3ccccc3)CC2)c1. The molecule has 3 aromatic rings. The first-order chi connectivity index (χ1) is 16.4. The normalized spacial score (nSPS) is 13.4. The Balaban J connectivity index is 1.39. The lowest BCUT2D eigenvalue weighted by atomic mass is 10.1. The molecule has 0 aliphatic carbocycles. The molecule has 2 amide bonds. The first-order valence-electron chi connectivity index (χ1n) is 11.3. The summed E-state index contributed by atoms with van der Waals surface area (Å²) in [6, 6.07) is 22.9. The first kappa shape index (κ1) is 23.4. The summed E-state index contributed by atoms with van der Waals surface area (Å²) in [6.45, 7) is 6.61. The molecule has 7 heteroatoms. The van der Waals surface area contributed by atoms with Gasteiger partial charge in [-0.05, 0) is 62.5 Å². The van der Waals surface area contributed by atoms with Gasteiger partial charge in [-0.25, -0.2) is 0 Å². The zero-order chi connectivity index (χ0) is 24.1. The number of piperazine rings is 1. The molecule has 4 rings (SSSR count). The number of carbonyl (C=O) groups is 2. The summed E-state index contributed by atoms with van der Waals surface area (Å²) in [4.78, 5) is 29.5. The highest BCUT2D eigenvalue weighted by atomic mass is 32.1. The number of aryl methyl sites for hydroxylation is 2. The quantitative estimate of drug-likeness (QED) is 0.552. The minimum Gasteiger partial charge on any atom is -0.366 e. The Kier molecular flexibility index (Phi) is 7.23. The van der Waals surface area contributed by atoms with Crippen LogP contribution in [-0.2, 0) is 0 Å². The van der Waals surface area contributed by atoms with Crippen molar-refractivity contribution in [1.82, 2.24) is 10.2 Å². The number of para-hydroxylation sites is 2. The van der Waals surface area contributed by atoms with E-state index < -0.39 is 0 Å². The van der Waals surface area contributed by atoms with E-state index in [0.717, 1.165) is 22.5 Å². The maximum absolute atomic E-state index is 12.8. The maximum atomic E-state index is 12.8.